The van der Waals surface area contributed by atoms with Gasteiger partial charge in [0.05, 0.1) is 11.5 Å². The molecule has 0 bridgehead atoms. The van der Waals surface area contributed by atoms with Crippen LogP contribution in [0.25, 0.3) is 0 Å². The lowest BCUT2D eigenvalue weighted by molar-refractivity contribution is -0.385. The topological polar surface area (TPSA) is 92.1 Å². The van der Waals surface area contributed by atoms with Crippen LogP contribution < -0.4 is 0 Å². The van der Waals surface area contributed by atoms with Crippen molar-refractivity contribution in [3.8, 4) is 0 Å². The van der Waals surface area contributed by atoms with E-state index in [0.717, 1.165) is 0 Å². The molecule has 8 heteroatoms. The van der Waals surface area contributed by atoms with E-state index in [-0.39, 0.29) is 22.8 Å². The van der Waals surface area contributed by atoms with Crippen LogP contribution in [0.1, 0.15) is 16.2 Å². The van der Waals surface area contributed by atoms with Gasteiger partial charge in [-0.2, -0.15) is 0 Å². The molecule has 1 amide bonds. The zero-order valence-electron chi connectivity index (χ0n) is 10.5. The summed E-state index contributed by atoms with van der Waals surface area (Å²) < 4.78 is 0. The molecule has 0 saturated carbocycles. The highest BCUT2D eigenvalue weighted by Crippen LogP contribution is 2.29. The van der Waals surface area contributed by atoms with Crippen LogP contribution in [0, 0.1) is 10.1 Å². The second-order valence-electron chi connectivity index (χ2n) is 4.09. The van der Waals surface area contributed by atoms with Gasteiger partial charge in [-0.3, -0.25) is 14.9 Å². The molecule has 1 aromatic heterocycles. The Morgan fingerprint density at radius 3 is 2.90 bits per heavy atom. The van der Waals surface area contributed by atoms with Crippen molar-refractivity contribution in [2.45, 2.75) is 6.54 Å². The average Bonchev–Trinajstić information content (AvgIpc) is 2.89. The summed E-state index contributed by atoms with van der Waals surface area (Å²) in [4.78, 5) is 30.8. The molecular formula is C12H11ClN4O3. The maximum absolute atomic E-state index is 12.3. The molecule has 0 spiro atoms. The van der Waals surface area contributed by atoms with E-state index in [1.165, 1.54) is 30.1 Å². The van der Waals surface area contributed by atoms with Gasteiger partial charge in [-0.25, -0.2) is 4.98 Å². The third kappa shape index (κ3) is 2.77. The molecule has 2 rings (SSSR count). The Labute approximate surface area is 119 Å². The Kier molecular flexibility index (Phi) is 3.99. The van der Waals surface area contributed by atoms with E-state index in [4.69, 9.17) is 11.6 Å². The molecule has 1 aromatic carbocycles. The zero-order chi connectivity index (χ0) is 14.7. The summed E-state index contributed by atoms with van der Waals surface area (Å²) in [7, 11) is 1.54. The van der Waals surface area contributed by atoms with E-state index in [2.05, 4.69) is 9.97 Å². The molecule has 20 heavy (non-hydrogen) atoms. The number of rotatable bonds is 4. The highest BCUT2D eigenvalue weighted by atomic mass is 35.5. The molecule has 1 heterocycles. The second kappa shape index (κ2) is 5.70. The molecule has 0 radical (unpaired) electrons. The van der Waals surface area contributed by atoms with Gasteiger partial charge >= 0.3 is 5.69 Å². The molecule has 0 fully saturated rings. The number of H-pyrrole nitrogens is 1. The molecule has 0 atom stereocenters. The second-order valence-corrected chi connectivity index (χ2v) is 4.50. The third-order valence-electron chi connectivity index (χ3n) is 2.69. The fourth-order valence-corrected chi connectivity index (χ4v) is 2.00. The van der Waals surface area contributed by atoms with Crippen LogP contribution in [0.3, 0.4) is 0 Å². The van der Waals surface area contributed by atoms with Gasteiger partial charge in [0.25, 0.3) is 5.91 Å². The summed E-state index contributed by atoms with van der Waals surface area (Å²) >= 11 is 5.78. The first-order chi connectivity index (χ1) is 9.50. The molecule has 104 valence electrons. The number of amides is 1. The summed E-state index contributed by atoms with van der Waals surface area (Å²) in [5, 5.41) is 11.0. The summed E-state index contributed by atoms with van der Waals surface area (Å²) in [6.07, 6.45) is 3.20. The SMILES string of the molecule is CN(Cc1ncc[nH]1)C(=O)c1cccc(Cl)c1[N+](=O)[O-]. The number of hydrogen-bond acceptors (Lipinski definition) is 4. The van der Waals surface area contributed by atoms with Crippen LogP contribution in [-0.2, 0) is 6.54 Å². The van der Waals surface area contributed by atoms with Gasteiger partial charge in [0.1, 0.15) is 16.4 Å². The van der Waals surface area contributed by atoms with E-state index in [0.29, 0.717) is 5.82 Å². The number of carbonyl (C=O) groups excluding carboxylic acids is 1. The molecule has 0 aliphatic carbocycles. The van der Waals surface area contributed by atoms with Gasteiger partial charge in [-0.05, 0) is 12.1 Å². The number of hydrogen-bond donors (Lipinski definition) is 1. The predicted octanol–water partition coefficient (Wildman–Crippen LogP) is 2.24. The minimum atomic E-state index is -0.656. The summed E-state index contributed by atoms with van der Waals surface area (Å²) in [5.74, 6) is 0.0983. The highest BCUT2D eigenvalue weighted by molar-refractivity contribution is 6.33. The van der Waals surface area contributed by atoms with Crippen molar-refractivity contribution in [2.75, 3.05) is 7.05 Å². The fourth-order valence-electron chi connectivity index (χ4n) is 1.76. The Hall–Kier alpha value is -2.41. The number of carbonyl (C=O) groups is 1. The summed E-state index contributed by atoms with van der Waals surface area (Å²) in [6.45, 7) is 0.218. The highest BCUT2D eigenvalue weighted by Gasteiger charge is 2.25. The smallest absolute Gasteiger partial charge is 0.300 e. The van der Waals surface area contributed by atoms with Crippen LogP contribution in [0.2, 0.25) is 5.02 Å². The van der Waals surface area contributed by atoms with E-state index < -0.39 is 10.8 Å². The molecule has 2 aromatic rings. The number of nitrogens with zero attached hydrogens (tertiary/aromatic N) is 3. The van der Waals surface area contributed by atoms with E-state index in [1.807, 2.05) is 0 Å². The van der Waals surface area contributed by atoms with Crippen molar-refractivity contribution < 1.29 is 9.72 Å². The lowest BCUT2D eigenvalue weighted by atomic mass is 10.1. The van der Waals surface area contributed by atoms with Gasteiger partial charge in [0, 0.05) is 19.4 Å². The van der Waals surface area contributed by atoms with Crippen molar-refractivity contribution in [2.24, 2.45) is 0 Å². The number of nitro groups is 1. The fraction of sp³-hybridized carbons (Fsp3) is 0.167. The first kappa shape index (κ1) is 14.0. The first-order valence-electron chi connectivity index (χ1n) is 5.67. The number of halogens is 1. The standard InChI is InChI=1S/C12H11ClN4O3/c1-16(7-10-14-5-6-15-10)12(18)8-3-2-4-9(13)11(8)17(19)20/h2-6H,7H2,1H3,(H,14,15). The normalized spacial score (nSPS) is 10.3. The van der Waals surface area contributed by atoms with Crippen LogP contribution in [-0.4, -0.2) is 32.7 Å². The van der Waals surface area contributed by atoms with Crippen molar-refractivity contribution in [1.29, 1.82) is 0 Å². The minimum absolute atomic E-state index is 0.0449. The number of para-hydroxylation sites is 1. The number of aromatic amines is 1. The molecular weight excluding hydrogens is 284 g/mol. The van der Waals surface area contributed by atoms with E-state index in [9.17, 15) is 14.9 Å². The van der Waals surface area contributed by atoms with Gasteiger partial charge in [0.15, 0.2) is 0 Å². The number of aromatic nitrogens is 2. The van der Waals surface area contributed by atoms with Crippen LogP contribution in [0.4, 0.5) is 5.69 Å². The molecule has 0 aliphatic heterocycles. The van der Waals surface area contributed by atoms with Crippen molar-refractivity contribution in [3.05, 3.63) is 57.1 Å². The number of nitrogens with one attached hydrogen (secondary N) is 1. The van der Waals surface area contributed by atoms with Gasteiger partial charge in [0.2, 0.25) is 0 Å². The van der Waals surface area contributed by atoms with Gasteiger partial charge < -0.3 is 9.88 Å². The largest absolute Gasteiger partial charge is 0.347 e. The Morgan fingerprint density at radius 2 is 2.30 bits per heavy atom. The van der Waals surface area contributed by atoms with E-state index >= 15 is 0 Å². The zero-order valence-corrected chi connectivity index (χ0v) is 11.3. The lowest BCUT2D eigenvalue weighted by Gasteiger charge is -2.16. The van der Waals surface area contributed by atoms with Crippen LogP contribution in [0.5, 0.6) is 0 Å². The summed E-state index contributed by atoms with van der Waals surface area (Å²) in [6, 6.07) is 4.26. The average molecular weight is 295 g/mol. The molecule has 0 unspecified atom stereocenters. The summed E-state index contributed by atoms with van der Waals surface area (Å²) in [5.41, 5.74) is -0.429. The predicted molar refractivity (Wildman–Crippen MR) is 72.5 cm³/mol. The Balaban J connectivity index is 2.29. The van der Waals surface area contributed by atoms with E-state index in [1.54, 1.807) is 12.4 Å². The van der Waals surface area contributed by atoms with Crippen LogP contribution in [0.15, 0.2) is 30.6 Å². The first-order valence-corrected chi connectivity index (χ1v) is 6.05. The molecule has 0 aliphatic rings. The molecule has 1 N–H and O–H groups in total. The number of nitro benzene ring substituents is 1. The maximum atomic E-state index is 12.3. The lowest BCUT2D eigenvalue weighted by Crippen LogP contribution is -2.27. The monoisotopic (exact) mass is 294 g/mol. The quantitative estimate of drug-likeness (QED) is 0.691. The van der Waals surface area contributed by atoms with Crippen molar-refractivity contribution >= 4 is 23.2 Å². The maximum Gasteiger partial charge on any atom is 0.300 e. The van der Waals surface area contributed by atoms with Gasteiger partial charge in [-0.15, -0.1) is 0 Å². The minimum Gasteiger partial charge on any atom is -0.347 e. The molecule has 7 nitrogen and oxygen atoms in total. The number of benzene rings is 1. The molecule has 0 saturated heterocycles. The van der Waals surface area contributed by atoms with Gasteiger partial charge in [-0.1, -0.05) is 17.7 Å². The Morgan fingerprint density at radius 1 is 1.55 bits per heavy atom. The van der Waals surface area contributed by atoms with Crippen LogP contribution >= 0.6 is 11.6 Å². The van der Waals surface area contributed by atoms with Crippen molar-refractivity contribution in [1.82, 2.24) is 14.9 Å². The third-order valence-corrected chi connectivity index (χ3v) is 2.99. The number of imidazole rings is 1. The van der Waals surface area contributed by atoms with Crippen molar-refractivity contribution in [3.63, 3.8) is 0 Å². The Bertz CT molecular complexity index is 642.